The van der Waals surface area contributed by atoms with Gasteiger partial charge in [-0.05, 0) is 49.7 Å². The Bertz CT molecular complexity index is 1510. The highest BCUT2D eigenvalue weighted by atomic mass is 16.5. The average molecular weight is 696 g/mol. The number of aryl methyl sites for hydroxylation is 1. The van der Waals surface area contributed by atoms with Crippen molar-refractivity contribution >= 4 is 29.5 Å². The molecule has 2 saturated heterocycles. The Morgan fingerprint density at radius 1 is 0.980 bits per heavy atom. The summed E-state index contributed by atoms with van der Waals surface area (Å²) >= 11 is 0. The van der Waals surface area contributed by atoms with Crippen LogP contribution in [0.4, 0.5) is 0 Å². The van der Waals surface area contributed by atoms with Gasteiger partial charge in [-0.25, -0.2) is 0 Å². The van der Waals surface area contributed by atoms with Gasteiger partial charge >= 0.3 is 0 Å². The molecule has 2 fully saturated rings. The lowest BCUT2D eigenvalue weighted by Crippen LogP contribution is -2.60. The van der Waals surface area contributed by atoms with Crippen LogP contribution in [0.1, 0.15) is 69.2 Å². The smallest absolute Gasteiger partial charge is 0.272 e. The van der Waals surface area contributed by atoms with Crippen molar-refractivity contribution in [2.24, 2.45) is 18.9 Å². The molecule has 274 valence electrons. The van der Waals surface area contributed by atoms with Gasteiger partial charge in [0.1, 0.15) is 42.6 Å². The van der Waals surface area contributed by atoms with Crippen molar-refractivity contribution in [2.45, 2.75) is 96.7 Å². The predicted molar refractivity (Wildman–Crippen MR) is 186 cm³/mol. The number of aromatic nitrogens is 2. The molecule has 3 heterocycles. The molecule has 2 aromatic rings. The molecule has 2 aliphatic heterocycles. The third-order valence-electron chi connectivity index (χ3n) is 9.23. The maximum atomic E-state index is 14.1. The summed E-state index contributed by atoms with van der Waals surface area (Å²) in [5, 5.41) is 24.5. The summed E-state index contributed by atoms with van der Waals surface area (Å²) in [6, 6.07) is 7.15. The number of benzene rings is 1. The molecule has 0 spiro atoms. The fourth-order valence-electron chi connectivity index (χ4n) is 6.39. The van der Waals surface area contributed by atoms with Crippen LogP contribution >= 0.6 is 0 Å². The van der Waals surface area contributed by atoms with E-state index in [0.717, 1.165) is 11.3 Å². The van der Waals surface area contributed by atoms with Crippen molar-refractivity contribution in [3.8, 4) is 0 Å². The number of nitrogens with zero attached hydrogens (tertiary/aromatic N) is 4. The number of carbonyl (C=O) groups is 5. The van der Waals surface area contributed by atoms with E-state index >= 15 is 0 Å². The Kier molecular flexibility index (Phi) is 13.2. The van der Waals surface area contributed by atoms with Crippen LogP contribution in [-0.2, 0) is 43.8 Å². The minimum Gasteiger partial charge on any atom is -0.388 e. The van der Waals surface area contributed by atoms with Gasteiger partial charge in [-0.3, -0.25) is 28.7 Å². The van der Waals surface area contributed by atoms with E-state index in [0.29, 0.717) is 12.3 Å². The van der Waals surface area contributed by atoms with E-state index in [4.69, 9.17) is 4.74 Å². The van der Waals surface area contributed by atoms with Crippen molar-refractivity contribution < 1.29 is 33.8 Å². The van der Waals surface area contributed by atoms with Crippen LogP contribution < -0.4 is 16.0 Å². The van der Waals surface area contributed by atoms with E-state index in [9.17, 15) is 29.1 Å². The highest BCUT2D eigenvalue weighted by Crippen LogP contribution is 2.20. The first kappa shape index (κ1) is 38.5. The van der Waals surface area contributed by atoms with Gasteiger partial charge in [0, 0.05) is 27.1 Å². The zero-order chi connectivity index (χ0) is 36.7. The van der Waals surface area contributed by atoms with Crippen molar-refractivity contribution in [1.82, 2.24) is 35.5 Å². The molecular weight excluding hydrogens is 642 g/mol. The zero-order valence-electron chi connectivity index (χ0n) is 30.2. The van der Waals surface area contributed by atoms with Crippen molar-refractivity contribution in [1.29, 1.82) is 0 Å². The molecular formula is C36H53N7O7. The SMILES string of the molecule is CC(C)Cc1cc(C(=O)N2CC(=O)N[C@H](CC(C)C)C(=O)N(C)[C@@H](C)C(=O)N[C@@H](Cc3ccccc3)C(=O)N[C@H]3CCO[C@H](C2)[C@H]3O)n(C)n1. The molecule has 6 atom stereocenters. The van der Waals surface area contributed by atoms with Gasteiger partial charge in [-0.2, -0.15) is 5.10 Å². The van der Waals surface area contributed by atoms with Gasteiger partial charge < -0.3 is 35.6 Å². The molecule has 1 aromatic carbocycles. The molecule has 0 unspecified atom stereocenters. The molecule has 0 radical (unpaired) electrons. The minimum absolute atomic E-state index is 0.00381. The number of hydrogen-bond acceptors (Lipinski definition) is 8. The van der Waals surface area contributed by atoms with E-state index in [2.05, 4.69) is 21.0 Å². The van der Waals surface area contributed by atoms with Crippen LogP contribution in [0.5, 0.6) is 0 Å². The zero-order valence-corrected chi connectivity index (χ0v) is 30.2. The van der Waals surface area contributed by atoms with Crippen molar-refractivity contribution in [3.05, 3.63) is 53.3 Å². The Balaban J connectivity index is 1.72. The number of ether oxygens (including phenoxy) is 1. The first-order valence-electron chi connectivity index (χ1n) is 17.5. The first-order chi connectivity index (χ1) is 23.6. The lowest BCUT2D eigenvalue weighted by atomic mass is 9.97. The molecule has 50 heavy (non-hydrogen) atoms. The largest absolute Gasteiger partial charge is 0.388 e. The number of rotatable bonds is 7. The molecule has 2 aliphatic rings. The van der Waals surface area contributed by atoms with Gasteiger partial charge in [-0.15, -0.1) is 0 Å². The fraction of sp³-hybridized carbons (Fsp3) is 0.611. The molecule has 5 amide bonds. The Labute approximate surface area is 294 Å². The third kappa shape index (κ3) is 9.90. The number of carbonyl (C=O) groups excluding carboxylic acids is 5. The molecule has 4 rings (SSSR count). The Morgan fingerprint density at radius 2 is 1.68 bits per heavy atom. The number of aliphatic hydroxyl groups excluding tert-OH is 1. The number of amides is 5. The van der Waals surface area contributed by atoms with Crippen molar-refractivity contribution in [3.63, 3.8) is 0 Å². The van der Waals surface area contributed by atoms with Crippen LogP contribution in [0.25, 0.3) is 0 Å². The van der Waals surface area contributed by atoms with Crippen LogP contribution in [-0.4, -0.2) is 117 Å². The Hall–Kier alpha value is -4.30. The normalized spacial score (nSPS) is 26.0. The summed E-state index contributed by atoms with van der Waals surface area (Å²) in [5.74, 6) is -2.32. The number of aliphatic hydroxyl groups is 1. The van der Waals surface area contributed by atoms with E-state index < -0.39 is 72.5 Å². The maximum absolute atomic E-state index is 14.1. The summed E-state index contributed by atoms with van der Waals surface area (Å²) in [4.78, 5) is 71.6. The van der Waals surface area contributed by atoms with Crippen molar-refractivity contribution in [2.75, 3.05) is 26.7 Å². The second kappa shape index (κ2) is 17.1. The highest BCUT2D eigenvalue weighted by molar-refractivity contribution is 5.97. The summed E-state index contributed by atoms with van der Waals surface area (Å²) in [6.45, 7) is 9.05. The average Bonchev–Trinajstić information content (AvgIpc) is 3.42. The second-order valence-electron chi connectivity index (χ2n) is 14.4. The van der Waals surface area contributed by atoms with Gasteiger partial charge in [0.15, 0.2) is 0 Å². The predicted octanol–water partition coefficient (Wildman–Crippen LogP) is 0.814. The van der Waals surface area contributed by atoms with E-state index in [1.807, 2.05) is 58.0 Å². The van der Waals surface area contributed by atoms with Crippen LogP contribution in [0.15, 0.2) is 36.4 Å². The number of nitrogens with one attached hydrogen (secondary N) is 3. The van der Waals surface area contributed by atoms with Crippen LogP contribution in [0.2, 0.25) is 0 Å². The van der Waals surface area contributed by atoms with Crippen LogP contribution in [0.3, 0.4) is 0 Å². The third-order valence-corrected chi connectivity index (χ3v) is 9.23. The van der Waals surface area contributed by atoms with E-state index in [1.54, 1.807) is 20.0 Å². The molecule has 0 aliphatic carbocycles. The van der Waals surface area contributed by atoms with Gasteiger partial charge in [0.2, 0.25) is 23.6 Å². The minimum atomic E-state index is -1.24. The molecule has 2 bridgehead atoms. The summed E-state index contributed by atoms with van der Waals surface area (Å²) in [7, 11) is 3.14. The molecule has 0 saturated carbocycles. The van der Waals surface area contributed by atoms with Gasteiger partial charge in [0.05, 0.1) is 18.3 Å². The van der Waals surface area contributed by atoms with Gasteiger partial charge in [-0.1, -0.05) is 58.0 Å². The second-order valence-corrected chi connectivity index (χ2v) is 14.4. The molecule has 14 heteroatoms. The lowest BCUT2D eigenvalue weighted by molar-refractivity contribution is -0.142. The number of likely N-dealkylation sites (N-methyl/N-ethyl adjacent to an activating group) is 1. The summed E-state index contributed by atoms with van der Waals surface area (Å²) in [5.41, 5.74) is 1.79. The monoisotopic (exact) mass is 695 g/mol. The molecule has 14 nitrogen and oxygen atoms in total. The molecule has 1 aromatic heterocycles. The topological polar surface area (TPSA) is 175 Å². The standard InChI is InChI=1S/C36H53N7O7/c1-21(2)15-25-18-29(42(7)40-25)36(49)43-19-30-32(45)26(13-14-50-30)38-34(47)27(17-24-11-9-8-10-12-24)39-33(46)23(5)41(6)35(48)28(16-22(3)4)37-31(44)20-43/h8-12,18,21-23,26-28,30,32,45H,13-17,19-20H2,1-7H3,(H,37,44)(H,38,47)(H,39,46)/t23-,26-,27-,28+,30+,32-/m0/s1. The Morgan fingerprint density at radius 3 is 2.34 bits per heavy atom. The quantitative estimate of drug-likeness (QED) is 0.329. The summed E-state index contributed by atoms with van der Waals surface area (Å²) in [6.07, 6.45) is -0.800. The number of hydrogen-bond donors (Lipinski definition) is 4. The van der Waals surface area contributed by atoms with Crippen LogP contribution in [0, 0.1) is 11.8 Å². The first-order valence-corrected chi connectivity index (χ1v) is 17.5. The maximum Gasteiger partial charge on any atom is 0.272 e. The van der Waals surface area contributed by atoms with Gasteiger partial charge in [0.25, 0.3) is 5.91 Å². The molecule has 4 N–H and O–H groups in total. The number of fused-ring (bicyclic) bond motifs is 2. The summed E-state index contributed by atoms with van der Waals surface area (Å²) < 4.78 is 7.41. The fourth-order valence-corrected chi connectivity index (χ4v) is 6.39. The lowest BCUT2D eigenvalue weighted by Gasteiger charge is -2.38. The highest BCUT2D eigenvalue weighted by Gasteiger charge is 2.39. The van der Waals surface area contributed by atoms with E-state index in [-0.39, 0.29) is 44.0 Å². The van der Waals surface area contributed by atoms with E-state index in [1.165, 1.54) is 21.5 Å².